The third-order valence-corrected chi connectivity index (χ3v) is 4.56. The van der Waals surface area contributed by atoms with Gasteiger partial charge in [0.2, 0.25) is 0 Å². The Labute approximate surface area is 122 Å². The normalized spacial score (nSPS) is 21.4. The number of rotatable bonds is 3. The van der Waals surface area contributed by atoms with Gasteiger partial charge in [-0.15, -0.1) is 0 Å². The lowest BCUT2D eigenvalue weighted by atomic mass is 9.84. The summed E-state index contributed by atoms with van der Waals surface area (Å²) < 4.78 is 6.42. The fourth-order valence-corrected chi connectivity index (χ4v) is 3.34. The molecule has 0 radical (unpaired) electrons. The molecule has 0 unspecified atom stereocenters. The summed E-state index contributed by atoms with van der Waals surface area (Å²) in [7, 11) is 0. The Morgan fingerprint density at radius 3 is 1.89 bits per heavy atom. The first kappa shape index (κ1) is 12.9. The SMILES string of the molecule is BrC[C@@H]1CCC(c2ccccc2)(c2ccccc2)O1. The molecule has 19 heavy (non-hydrogen) atoms. The molecule has 2 aromatic rings. The minimum absolute atomic E-state index is 0.277. The molecule has 98 valence electrons. The van der Waals surface area contributed by atoms with Crippen LogP contribution in [0.5, 0.6) is 0 Å². The highest BCUT2D eigenvalue weighted by atomic mass is 79.9. The Hall–Kier alpha value is -1.12. The first-order valence-electron chi connectivity index (χ1n) is 6.70. The average molecular weight is 317 g/mol. The van der Waals surface area contributed by atoms with Crippen molar-refractivity contribution in [1.82, 2.24) is 0 Å². The molecule has 1 nitrogen and oxygen atoms in total. The van der Waals surface area contributed by atoms with Crippen LogP contribution in [0.3, 0.4) is 0 Å². The zero-order valence-electron chi connectivity index (χ0n) is 10.8. The predicted molar refractivity (Wildman–Crippen MR) is 81.6 cm³/mol. The molecule has 1 saturated heterocycles. The van der Waals surface area contributed by atoms with E-state index in [4.69, 9.17) is 4.74 Å². The van der Waals surface area contributed by atoms with Gasteiger partial charge in [-0.05, 0) is 24.0 Å². The maximum absolute atomic E-state index is 6.42. The second-order valence-electron chi connectivity index (χ2n) is 4.99. The number of ether oxygens (including phenoxy) is 1. The number of benzene rings is 2. The molecule has 0 N–H and O–H groups in total. The number of hydrogen-bond donors (Lipinski definition) is 0. The molecule has 1 fully saturated rings. The molecule has 1 aliphatic rings. The van der Waals surface area contributed by atoms with E-state index in [1.54, 1.807) is 0 Å². The van der Waals surface area contributed by atoms with Crippen LogP contribution < -0.4 is 0 Å². The third kappa shape index (κ3) is 2.35. The molecule has 3 rings (SSSR count). The van der Waals surface area contributed by atoms with Crippen molar-refractivity contribution in [3.8, 4) is 0 Å². The van der Waals surface area contributed by atoms with Gasteiger partial charge in [0.25, 0.3) is 0 Å². The molecular formula is C17H17BrO. The predicted octanol–water partition coefficient (Wildman–Crippen LogP) is 4.50. The molecule has 2 heteroatoms. The first-order chi connectivity index (χ1) is 9.35. The molecule has 1 aliphatic heterocycles. The molecule has 0 spiro atoms. The molecule has 2 aromatic carbocycles. The molecule has 0 aromatic heterocycles. The molecular weight excluding hydrogens is 300 g/mol. The van der Waals surface area contributed by atoms with E-state index in [0.29, 0.717) is 6.10 Å². The Balaban J connectivity index is 2.07. The highest BCUT2D eigenvalue weighted by molar-refractivity contribution is 9.09. The summed E-state index contributed by atoms with van der Waals surface area (Å²) in [5.74, 6) is 0. The Kier molecular flexibility index (Phi) is 3.72. The fourth-order valence-electron chi connectivity index (χ4n) is 2.88. The van der Waals surface area contributed by atoms with E-state index in [-0.39, 0.29) is 5.60 Å². The van der Waals surface area contributed by atoms with Gasteiger partial charge in [0.05, 0.1) is 6.10 Å². The van der Waals surface area contributed by atoms with E-state index in [9.17, 15) is 0 Å². The lowest BCUT2D eigenvalue weighted by Gasteiger charge is -2.30. The van der Waals surface area contributed by atoms with E-state index >= 15 is 0 Å². The van der Waals surface area contributed by atoms with Gasteiger partial charge in [0, 0.05) is 5.33 Å². The summed E-state index contributed by atoms with van der Waals surface area (Å²) in [6.45, 7) is 0. The van der Waals surface area contributed by atoms with Crippen LogP contribution in [0.15, 0.2) is 60.7 Å². The molecule has 0 aliphatic carbocycles. The lowest BCUT2D eigenvalue weighted by Crippen LogP contribution is -2.28. The van der Waals surface area contributed by atoms with Crippen molar-refractivity contribution in [3.63, 3.8) is 0 Å². The fraction of sp³-hybridized carbons (Fsp3) is 0.294. The second-order valence-corrected chi connectivity index (χ2v) is 5.64. The van der Waals surface area contributed by atoms with E-state index < -0.39 is 0 Å². The maximum atomic E-state index is 6.42. The van der Waals surface area contributed by atoms with Crippen LogP contribution in [0.4, 0.5) is 0 Å². The van der Waals surface area contributed by atoms with E-state index in [1.807, 2.05) is 0 Å². The monoisotopic (exact) mass is 316 g/mol. The summed E-state index contributed by atoms with van der Waals surface area (Å²) in [6, 6.07) is 21.1. The molecule has 0 amide bonds. The molecule has 0 saturated carbocycles. The Morgan fingerprint density at radius 2 is 1.47 bits per heavy atom. The van der Waals surface area contributed by atoms with Crippen molar-refractivity contribution in [1.29, 1.82) is 0 Å². The van der Waals surface area contributed by atoms with Crippen LogP contribution >= 0.6 is 15.9 Å². The Bertz CT molecular complexity index is 484. The van der Waals surface area contributed by atoms with Crippen molar-refractivity contribution in [2.45, 2.75) is 24.5 Å². The average Bonchev–Trinajstić information content (AvgIpc) is 2.95. The summed E-state index contributed by atoms with van der Waals surface area (Å²) in [5.41, 5.74) is 2.23. The zero-order valence-corrected chi connectivity index (χ0v) is 12.3. The van der Waals surface area contributed by atoms with Gasteiger partial charge in [-0.2, -0.15) is 0 Å². The van der Waals surface area contributed by atoms with Crippen LogP contribution in [0, 0.1) is 0 Å². The lowest BCUT2D eigenvalue weighted by molar-refractivity contribution is -0.00551. The van der Waals surface area contributed by atoms with E-state index in [2.05, 4.69) is 76.6 Å². The van der Waals surface area contributed by atoms with Crippen molar-refractivity contribution in [2.75, 3.05) is 5.33 Å². The zero-order chi connectivity index (χ0) is 13.1. The van der Waals surface area contributed by atoms with E-state index in [1.165, 1.54) is 11.1 Å². The summed E-state index contributed by atoms with van der Waals surface area (Å²) >= 11 is 3.55. The van der Waals surface area contributed by atoms with Crippen molar-refractivity contribution < 1.29 is 4.74 Å². The van der Waals surface area contributed by atoms with Gasteiger partial charge < -0.3 is 4.74 Å². The highest BCUT2D eigenvalue weighted by Gasteiger charge is 2.42. The van der Waals surface area contributed by atoms with Gasteiger partial charge in [-0.1, -0.05) is 76.6 Å². The number of alkyl halides is 1. The topological polar surface area (TPSA) is 9.23 Å². The Morgan fingerprint density at radius 1 is 0.947 bits per heavy atom. The maximum Gasteiger partial charge on any atom is 0.119 e. The van der Waals surface area contributed by atoms with Gasteiger partial charge in [-0.25, -0.2) is 0 Å². The summed E-state index contributed by atoms with van der Waals surface area (Å²) in [6.07, 6.45) is 2.42. The van der Waals surface area contributed by atoms with Crippen LogP contribution in [-0.4, -0.2) is 11.4 Å². The van der Waals surface area contributed by atoms with Crippen LogP contribution in [0.25, 0.3) is 0 Å². The van der Waals surface area contributed by atoms with Gasteiger partial charge in [-0.3, -0.25) is 0 Å². The van der Waals surface area contributed by atoms with Crippen LogP contribution in [0.2, 0.25) is 0 Å². The summed E-state index contributed by atoms with van der Waals surface area (Å²) in [5, 5.41) is 0.897. The van der Waals surface area contributed by atoms with Gasteiger partial charge >= 0.3 is 0 Å². The summed E-state index contributed by atoms with van der Waals surface area (Å²) in [4.78, 5) is 0. The molecule has 0 bridgehead atoms. The number of hydrogen-bond acceptors (Lipinski definition) is 1. The van der Waals surface area contributed by atoms with Crippen LogP contribution in [-0.2, 0) is 10.3 Å². The van der Waals surface area contributed by atoms with Crippen molar-refractivity contribution in [3.05, 3.63) is 71.8 Å². The largest absolute Gasteiger partial charge is 0.361 e. The highest BCUT2D eigenvalue weighted by Crippen LogP contribution is 2.44. The van der Waals surface area contributed by atoms with Crippen molar-refractivity contribution >= 4 is 15.9 Å². The van der Waals surface area contributed by atoms with Gasteiger partial charge in [0.1, 0.15) is 5.60 Å². The van der Waals surface area contributed by atoms with Crippen LogP contribution in [0.1, 0.15) is 24.0 Å². The van der Waals surface area contributed by atoms with Crippen molar-refractivity contribution in [2.24, 2.45) is 0 Å². The quantitative estimate of drug-likeness (QED) is 0.757. The standard InChI is InChI=1S/C17H17BrO/c18-13-16-11-12-17(19-16,14-7-3-1-4-8-14)15-9-5-2-6-10-15/h1-10,16H,11-13H2/t16-/m0/s1. The molecule has 1 heterocycles. The van der Waals surface area contributed by atoms with E-state index in [0.717, 1.165) is 18.2 Å². The smallest absolute Gasteiger partial charge is 0.119 e. The minimum Gasteiger partial charge on any atom is -0.361 e. The minimum atomic E-state index is -0.277. The second kappa shape index (κ2) is 5.48. The molecule has 1 atom stereocenters. The number of halogens is 1. The van der Waals surface area contributed by atoms with Gasteiger partial charge in [0.15, 0.2) is 0 Å². The first-order valence-corrected chi connectivity index (χ1v) is 7.82. The third-order valence-electron chi connectivity index (χ3n) is 3.84.